The first-order valence-corrected chi connectivity index (χ1v) is 7.31. The average molecular weight is 277 g/mol. The van der Waals surface area contributed by atoms with Crippen LogP contribution >= 0.6 is 11.3 Å². The Kier molecular flexibility index (Phi) is 3.48. The van der Waals surface area contributed by atoms with Crippen molar-refractivity contribution in [2.45, 2.75) is 13.0 Å². The first-order valence-electron chi connectivity index (χ1n) is 6.43. The molecule has 0 radical (unpaired) electrons. The van der Waals surface area contributed by atoms with Crippen molar-refractivity contribution in [3.8, 4) is 11.3 Å². The van der Waals surface area contributed by atoms with Gasteiger partial charge < -0.3 is 10.2 Å². The Bertz CT molecular complexity index is 569. The molecule has 0 amide bonds. The third-order valence-electron chi connectivity index (χ3n) is 3.28. The number of benzene rings is 1. The van der Waals surface area contributed by atoms with Crippen LogP contribution < -0.4 is 10.2 Å². The van der Waals surface area contributed by atoms with Gasteiger partial charge in [-0.3, -0.25) is 0 Å². The van der Waals surface area contributed by atoms with Gasteiger partial charge in [-0.05, 0) is 19.1 Å². The smallest absolute Gasteiger partial charge is 0.185 e. The molecule has 1 unspecified atom stereocenters. The quantitative estimate of drug-likeness (QED) is 0.915. The number of thiazole rings is 1. The molecule has 1 aliphatic rings. The van der Waals surface area contributed by atoms with E-state index in [-0.39, 0.29) is 5.82 Å². The molecule has 0 bridgehead atoms. The lowest BCUT2D eigenvalue weighted by Gasteiger charge is -2.31. The summed E-state index contributed by atoms with van der Waals surface area (Å²) >= 11 is 1.58. The van der Waals surface area contributed by atoms with E-state index in [1.807, 2.05) is 11.4 Å². The molecular weight excluding hydrogens is 261 g/mol. The second kappa shape index (κ2) is 5.27. The lowest BCUT2D eigenvalue weighted by Crippen LogP contribution is -2.49. The zero-order valence-corrected chi connectivity index (χ0v) is 11.6. The number of halogens is 1. The van der Waals surface area contributed by atoms with Gasteiger partial charge in [-0.2, -0.15) is 0 Å². The average Bonchev–Trinajstić information content (AvgIpc) is 2.89. The summed E-state index contributed by atoms with van der Waals surface area (Å²) in [7, 11) is 0. The zero-order chi connectivity index (χ0) is 13.2. The lowest BCUT2D eigenvalue weighted by atomic mass is 10.2. The lowest BCUT2D eigenvalue weighted by molar-refractivity contribution is 0.484. The van der Waals surface area contributed by atoms with Crippen LogP contribution in [-0.2, 0) is 0 Å². The van der Waals surface area contributed by atoms with Gasteiger partial charge in [0.15, 0.2) is 5.13 Å². The van der Waals surface area contributed by atoms with Crippen molar-refractivity contribution in [1.82, 2.24) is 10.3 Å². The van der Waals surface area contributed by atoms with Gasteiger partial charge in [0.25, 0.3) is 0 Å². The second-order valence-corrected chi connectivity index (χ2v) is 5.63. The van der Waals surface area contributed by atoms with Gasteiger partial charge in [-0.25, -0.2) is 9.37 Å². The van der Waals surface area contributed by atoms with E-state index in [2.05, 4.69) is 22.1 Å². The highest BCUT2D eigenvalue weighted by atomic mass is 32.1. The molecule has 0 saturated carbocycles. The van der Waals surface area contributed by atoms with Crippen LogP contribution in [0.1, 0.15) is 6.92 Å². The Labute approximate surface area is 116 Å². The molecule has 1 aromatic heterocycles. The SMILES string of the molecule is CC1CN(c2nc(-c3ccccc3F)cs2)CCN1. The van der Waals surface area contributed by atoms with Crippen LogP contribution in [0.5, 0.6) is 0 Å². The van der Waals surface area contributed by atoms with Crippen LogP contribution in [0.2, 0.25) is 0 Å². The molecule has 100 valence electrons. The third-order valence-corrected chi connectivity index (χ3v) is 4.18. The monoisotopic (exact) mass is 277 g/mol. The van der Waals surface area contributed by atoms with E-state index >= 15 is 0 Å². The number of hydrogen-bond acceptors (Lipinski definition) is 4. The molecule has 5 heteroatoms. The van der Waals surface area contributed by atoms with Crippen molar-refractivity contribution in [1.29, 1.82) is 0 Å². The summed E-state index contributed by atoms with van der Waals surface area (Å²) in [4.78, 5) is 6.84. The van der Waals surface area contributed by atoms with E-state index in [0.717, 1.165) is 30.5 Å². The van der Waals surface area contributed by atoms with Crippen molar-refractivity contribution < 1.29 is 4.39 Å². The fraction of sp³-hybridized carbons (Fsp3) is 0.357. The minimum Gasteiger partial charge on any atom is -0.345 e. The van der Waals surface area contributed by atoms with Crippen molar-refractivity contribution in [3.63, 3.8) is 0 Å². The molecule has 1 atom stereocenters. The highest BCUT2D eigenvalue weighted by Gasteiger charge is 2.19. The van der Waals surface area contributed by atoms with Crippen LogP contribution in [0.4, 0.5) is 9.52 Å². The molecule has 3 nitrogen and oxygen atoms in total. The molecule has 3 rings (SSSR count). The van der Waals surface area contributed by atoms with Crippen molar-refractivity contribution in [2.24, 2.45) is 0 Å². The van der Waals surface area contributed by atoms with E-state index in [0.29, 0.717) is 11.6 Å². The molecule has 0 spiro atoms. The van der Waals surface area contributed by atoms with Crippen LogP contribution in [-0.4, -0.2) is 30.7 Å². The van der Waals surface area contributed by atoms with Crippen LogP contribution in [0.15, 0.2) is 29.6 Å². The number of hydrogen-bond donors (Lipinski definition) is 1. The molecule has 1 aliphatic heterocycles. The summed E-state index contributed by atoms with van der Waals surface area (Å²) in [6.45, 7) is 5.03. The van der Waals surface area contributed by atoms with Crippen LogP contribution in [0.3, 0.4) is 0 Å². The molecule has 0 aliphatic carbocycles. The highest BCUT2D eigenvalue weighted by molar-refractivity contribution is 7.14. The van der Waals surface area contributed by atoms with Gasteiger partial charge in [0.2, 0.25) is 0 Å². The fourth-order valence-corrected chi connectivity index (χ4v) is 3.17. The number of nitrogens with one attached hydrogen (secondary N) is 1. The molecule has 2 heterocycles. The first-order chi connectivity index (χ1) is 9.24. The third kappa shape index (κ3) is 2.62. The fourth-order valence-electron chi connectivity index (χ4n) is 2.31. The van der Waals surface area contributed by atoms with Gasteiger partial charge in [0.05, 0.1) is 5.69 Å². The van der Waals surface area contributed by atoms with Crippen LogP contribution in [0.25, 0.3) is 11.3 Å². The molecular formula is C14H16FN3S. The Morgan fingerprint density at radius 2 is 2.26 bits per heavy atom. The van der Waals surface area contributed by atoms with E-state index < -0.39 is 0 Å². The van der Waals surface area contributed by atoms with Gasteiger partial charge in [0, 0.05) is 36.6 Å². The maximum atomic E-state index is 13.7. The molecule has 1 fully saturated rings. The zero-order valence-electron chi connectivity index (χ0n) is 10.8. The van der Waals surface area contributed by atoms with E-state index in [9.17, 15) is 4.39 Å². The summed E-state index contributed by atoms with van der Waals surface area (Å²) in [6, 6.07) is 7.25. The number of nitrogens with zero attached hydrogens (tertiary/aromatic N) is 2. The molecule has 2 aromatic rings. The summed E-state index contributed by atoms with van der Waals surface area (Å²) in [6.07, 6.45) is 0. The topological polar surface area (TPSA) is 28.2 Å². The molecule has 1 aromatic carbocycles. The Balaban J connectivity index is 1.85. The molecule has 19 heavy (non-hydrogen) atoms. The van der Waals surface area contributed by atoms with Gasteiger partial charge in [0.1, 0.15) is 5.82 Å². The minimum atomic E-state index is -0.215. The Hall–Kier alpha value is -1.46. The molecule has 1 saturated heterocycles. The van der Waals surface area contributed by atoms with Crippen molar-refractivity contribution in [3.05, 3.63) is 35.5 Å². The van der Waals surface area contributed by atoms with Crippen molar-refractivity contribution >= 4 is 16.5 Å². The largest absolute Gasteiger partial charge is 0.345 e. The number of piperazine rings is 1. The van der Waals surface area contributed by atoms with E-state index in [1.165, 1.54) is 6.07 Å². The number of aromatic nitrogens is 1. The second-order valence-electron chi connectivity index (χ2n) is 4.80. The van der Waals surface area contributed by atoms with Crippen LogP contribution in [0, 0.1) is 5.82 Å². The summed E-state index contributed by atoms with van der Waals surface area (Å²) < 4.78 is 13.7. The maximum Gasteiger partial charge on any atom is 0.185 e. The van der Waals surface area contributed by atoms with Gasteiger partial charge in [-0.15, -0.1) is 11.3 Å². The standard InChI is InChI=1S/C14H16FN3S/c1-10-8-18(7-6-16-10)14-17-13(9-19-14)11-4-2-3-5-12(11)15/h2-5,9-10,16H,6-8H2,1H3. The normalized spacial score (nSPS) is 19.7. The predicted octanol–water partition coefficient (Wildman–Crippen LogP) is 2.75. The Morgan fingerprint density at radius 3 is 3.05 bits per heavy atom. The predicted molar refractivity (Wildman–Crippen MR) is 77.2 cm³/mol. The highest BCUT2D eigenvalue weighted by Crippen LogP contribution is 2.29. The first kappa shape index (κ1) is 12.6. The number of rotatable bonds is 2. The summed E-state index contributed by atoms with van der Waals surface area (Å²) in [5.74, 6) is -0.215. The molecule has 1 N–H and O–H groups in total. The van der Waals surface area contributed by atoms with E-state index in [1.54, 1.807) is 23.5 Å². The van der Waals surface area contributed by atoms with Gasteiger partial charge in [-0.1, -0.05) is 12.1 Å². The summed E-state index contributed by atoms with van der Waals surface area (Å²) in [5, 5.41) is 6.31. The maximum absolute atomic E-state index is 13.7. The number of anilines is 1. The minimum absolute atomic E-state index is 0.215. The Morgan fingerprint density at radius 1 is 1.42 bits per heavy atom. The summed E-state index contributed by atoms with van der Waals surface area (Å²) in [5.41, 5.74) is 1.30. The van der Waals surface area contributed by atoms with Gasteiger partial charge >= 0.3 is 0 Å². The van der Waals surface area contributed by atoms with Crippen molar-refractivity contribution in [2.75, 3.05) is 24.5 Å². The van der Waals surface area contributed by atoms with E-state index in [4.69, 9.17) is 0 Å².